The van der Waals surface area contributed by atoms with Crippen LogP contribution in [0.25, 0.3) is 10.9 Å². The Kier molecular flexibility index (Phi) is 4.42. The number of rotatable bonds is 5. The highest BCUT2D eigenvalue weighted by Gasteiger charge is 2.17. The molecule has 0 radical (unpaired) electrons. The lowest BCUT2D eigenvalue weighted by Crippen LogP contribution is -2.26. The van der Waals surface area contributed by atoms with Crippen molar-refractivity contribution in [3.05, 3.63) is 59.8 Å². The zero-order valence-electron chi connectivity index (χ0n) is 14.7. The second kappa shape index (κ2) is 7.03. The van der Waals surface area contributed by atoms with Gasteiger partial charge in [0.05, 0.1) is 12.7 Å². The van der Waals surface area contributed by atoms with Gasteiger partial charge >= 0.3 is 5.97 Å². The Bertz CT molecular complexity index is 1020. The van der Waals surface area contributed by atoms with E-state index in [0.717, 1.165) is 16.5 Å². The first-order valence-electron chi connectivity index (χ1n) is 8.47. The Labute approximate surface area is 155 Å². The predicted molar refractivity (Wildman–Crippen MR) is 97.7 cm³/mol. The highest BCUT2D eigenvalue weighted by molar-refractivity contribution is 6.04. The minimum absolute atomic E-state index is 0.0993. The van der Waals surface area contributed by atoms with E-state index in [1.54, 1.807) is 10.8 Å². The van der Waals surface area contributed by atoms with Crippen molar-refractivity contribution in [3.63, 3.8) is 0 Å². The third kappa shape index (κ3) is 3.31. The average molecular weight is 366 g/mol. The number of aromatic nitrogens is 1. The first kappa shape index (κ1) is 17.0. The Hall–Kier alpha value is -3.48. The second-order valence-corrected chi connectivity index (χ2v) is 6.14. The third-order valence-electron chi connectivity index (χ3n) is 4.43. The summed E-state index contributed by atoms with van der Waals surface area (Å²) in [4.78, 5) is 24.4. The molecule has 7 heteroatoms. The fraction of sp³-hybridized carbons (Fsp3) is 0.200. The van der Waals surface area contributed by atoms with E-state index in [2.05, 4.69) is 5.32 Å². The van der Waals surface area contributed by atoms with Crippen LogP contribution in [0.2, 0.25) is 0 Å². The quantitative estimate of drug-likeness (QED) is 0.702. The van der Waals surface area contributed by atoms with Crippen molar-refractivity contribution in [2.45, 2.75) is 13.1 Å². The standard InChI is InChI=1S/C20H18N2O5/c1-25-20(24)15-10-22(16-5-3-2-4-14(15)16)11-19(23)21-9-13-6-7-17-18(8-13)27-12-26-17/h2-8,10H,9,11-12H2,1H3,(H,21,23). The molecule has 0 saturated carbocycles. The van der Waals surface area contributed by atoms with Crippen LogP contribution in [0, 0.1) is 0 Å². The van der Waals surface area contributed by atoms with Gasteiger partial charge in [-0.3, -0.25) is 4.79 Å². The minimum Gasteiger partial charge on any atom is -0.465 e. The molecule has 27 heavy (non-hydrogen) atoms. The van der Waals surface area contributed by atoms with Crippen LogP contribution < -0.4 is 14.8 Å². The van der Waals surface area contributed by atoms with Gasteiger partial charge in [-0.1, -0.05) is 24.3 Å². The van der Waals surface area contributed by atoms with E-state index in [0.29, 0.717) is 23.6 Å². The van der Waals surface area contributed by atoms with Crippen LogP contribution in [0.5, 0.6) is 11.5 Å². The lowest BCUT2D eigenvalue weighted by atomic mass is 10.2. The number of para-hydroxylation sites is 1. The number of hydrogen-bond donors (Lipinski definition) is 1. The molecule has 0 fully saturated rings. The number of ether oxygens (including phenoxy) is 3. The molecule has 2 heterocycles. The number of nitrogens with one attached hydrogen (secondary N) is 1. The zero-order chi connectivity index (χ0) is 18.8. The van der Waals surface area contributed by atoms with Crippen molar-refractivity contribution in [2.24, 2.45) is 0 Å². The highest BCUT2D eigenvalue weighted by atomic mass is 16.7. The third-order valence-corrected chi connectivity index (χ3v) is 4.43. The van der Waals surface area contributed by atoms with Crippen molar-refractivity contribution in [1.29, 1.82) is 0 Å². The lowest BCUT2D eigenvalue weighted by Gasteiger charge is -2.08. The van der Waals surface area contributed by atoms with Crippen LogP contribution in [0.15, 0.2) is 48.7 Å². The van der Waals surface area contributed by atoms with E-state index in [1.165, 1.54) is 7.11 Å². The Morgan fingerprint density at radius 3 is 2.81 bits per heavy atom. The summed E-state index contributed by atoms with van der Waals surface area (Å²) in [6, 6.07) is 13.0. The molecule has 1 aromatic heterocycles. The summed E-state index contributed by atoms with van der Waals surface area (Å²) in [5.74, 6) is 0.802. The Balaban J connectivity index is 1.47. The average Bonchev–Trinajstić information content (AvgIpc) is 3.30. The number of carbonyl (C=O) groups is 2. The number of nitrogens with zero attached hydrogens (tertiary/aromatic N) is 1. The summed E-state index contributed by atoms with van der Waals surface area (Å²) in [5, 5.41) is 3.64. The molecule has 0 aliphatic carbocycles. The molecule has 0 bridgehead atoms. The maximum Gasteiger partial charge on any atom is 0.340 e. The molecular formula is C20H18N2O5. The summed E-state index contributed by atoms with van der Waals surface area (Å²) in [7, 11) is 1.34. The van der Waals surface area contributed by atoms with Crippen molar-refractivity contribution in [3.8, 4) is 11.5 Å². The molecule has 1 aliphatic rings. The van der Waals surface area contributed by atoms with E-state index in [1.807, 2.05) is 42.5 Å². The van der Waals surface area contributed by atoms with Crippen molar-refractivity contribution >= 4 is 22.8 Å². The smallest absolute Gasteiger partial charge is 0.340 e. The van der Waals surface area contributed by atoms with E-state index in [4.69, 9.17) is 14.2 Å². The van der Waals surface area contributed by atoms with Crippen LogP contribution >= 0.6 is 0 Å². The molecule has 4 rings (SSSR count). The van der Waals surface area contributed by atoms with Gasteiger partial charge in [-0.2, -0.15) is 0 Å². The second-order valence-electron chi connectivity index (χ2n) is 6.14. The van der Waals surface area contributed by atoms with Crippen LogP contribution in [0.1, 0.15) is 15.9 Å². The topological polar surface area (TPSA) is 78.8 Å². The van der Waals surface area contributed by atoms with Gasteiger partial charge in [0.2, 0.25) is 12.7 Å². The summed E-state index contributed by atoms with van der Waals surface area (Å²) in [6.07, 6.45) is 1.65. The molecule has 2 aromatic carbocycles. The van der Waals surface area contributed by atoms with Gasteiger partial charge in [0, 0.05) is 23.6 Å². The van der Waals surface area contributed by atoms with E-state index in [-0.39, 0.29) is 19.2 Å². The largest absolute Gasteiger partial charge is 0.465 e. The zero-order valence-corrected chi connectivity index (χ0v) is 14.7. The number of fused-ring (bicyclic) bond motifs is 2. The van der Waals surface area contributed by atoms with Gasteiger partial charge in [-0.05, 0) is 23.8 Å². The maximum atomic E-state index is 12.4. The van der Waals surface area contributed by atoms with Crippen LogP contribution in [0.3, 0.4) is 0 Å². The lowest BCUT2D eigenvalue weighted by molar-refractivity contribution is -0.121. The molecule has 1 N–H and O–H groups in total. The molecule has 0 saturated heterocycles. The maximum absolute atomic E-state index is 12.4. The van der Waals surface area contributed by atoms with Gasteiger partial charge < -0.3 is 24.1 Å². The Morgan fingerprint density at radius 1 is 1.15 bits per heavy atom. The van der Waals surface area contributed by atoms with Crippen molar-refractivity contribution in [1.82, 2.24) is 9.88 Å². The van der Waals surface area contributed by atoms with Crippen LogP contribution in [0.4, 0.5) is 0 Å². The number of carbonyl (C=O) groups excluding carboxylic acids is 2. The number of methoxy groups -OCH3 is 1. The Morgan fingerprint density at radius 2 is 1.96 bits per heavy atom. The minimum atomic E-state index is -0.425. The molecule has 3 aromatic rings. The number of amides is 1. The monoisotopic (exact) mass is 366 g/mol. The summed E-state index contributed by atoms with van der Waals surface area (Å²) in [5.41, 5.74) is 2.16. The van der Waals surface area contributed by atoms with Crippen molar-refractivity contribution in [2.75, 3.05) is 13.9 Å². The highest BCUT2D eigenvalue weighted by Crippen LogP contribution is 2.32. The van der Waals surface area contributed by atoms with E-state index >= 15 is 0 Å². The first-order chi connectivity index (χ1) is 13.2. The van der Waals surface area contributed by atoms with Crippen LogP contribution in [-0.2, 0) is 22.6 Å². The first-order valence-corrected chi connectivity index (χ1v) is 8.47. The van der Waals surface area contributed by atoms with Gasteiger partial charge in [-0.15, -0.1) is 0 Å². The van der Waals surface area contributed by atoms with Crippen LogP contribution in [-0.4, -0.2) is 30.3 Å². The number of benzene rings is 2. The molecule has 138 valence electrons. The SMILES string of the molecule is COC(=O)c1cn(CC(=O)NCc2ccc3c(c2)OCO3)c2ccccc12. The molecule has 0 unspecified atom stereocenters. The van der Waals surface area contributed by atoms with Gasteiger partial charge in [0.1, 0.15) is 6.54 Å². The van der Waals surface area contributed by atoms with Gasteiger partial charge in [-0.25, -0.2) is 4.79 Å². The normalized spacial score (nSPS) is 12.2. The molecular weight excluding hydrogens is 348 g/mol. The molecule has 7 nitrogen and oxygen atoms in total. The molecule has 1 amide bonds. The number of hydrogen-bond acceptors (Lipinski definition) is 5. The van der Waals surface area contributed by atoms with Gasteiger partial charge in [0.25, 0.3) is 0 Å². The van der Waals surface area contributed by atoms with E-state index in [9.17, 15) is 9.59 Å². The van der Waals surface area contributed by atoms with Gasteiger partial charge in [0.15, 0.2) is 11.5 Å². The molecule has 1 aliphatic heterocycles. The molecule has 0 spiro atoms. The van der Waals surface area contributed by atoms with E-state index < -0.39 is 5.97 Å². The molecule has 0 atom stereocenters. The fourth-order valence-electron chi connectivity index (χ4n) is 3.11. The van der Waals surface area contributed by atoms with Crippen molar-refractivity contribution < 1.29 is 23.8 Å². The summed E-state index contributed by atoms with van der Waals surface area (Å²) >= 11 is 0. The predicted octanol–water partition coefficient (Wildman–Crippen LogP) is 2.47. The summed E-state index contributed by atoms with van der Waals surface area (Å²) < 4.78 is 17.2. The fourth-order valence-corrected chi connectivity index (χ4v) is 3.11. The number of esters is 1. The summed E-state index contributed by atoms with van der Waals surface area (Å²) in [6.45, 7) is 0.689.